The number of anilines is 1. The average molecular weight is 285 g/mol. The summed E-state index contributed by atoms with van der Waals surface area (Å²) in [6.07, 6.45) is 3.46. The number of hydrogen-bond donors (Lipinski definition) is 0. The molecule has 0 atom stereocenters. The first kappa shape index (κ1) is 14.4. The molecule has 0 spiro atoms. The summed E-state index contributed by atoms with van der Waals surface area (Å²) in [6, 6.07) is 7.80. The van der Waals surface area contributed by atoms with E-state index < -0.39 is 7.12 Å². The first-order valence-corrected chi connectivity index (χ1v) is 7.24. The normalized spacial score (nSPS) is 23.1. The lowest BCUT2D eigenvalue weighted by Crippen LogP contribution is -2.41. The molecule has 1 fully saturated rings. The fraction of sp³-hybridized carbons (Fsp3) is 0.438. The van der Waals surface area contributed by atoms with Gasteiger partial charge in [-0.25, -0.2) is 0 Å². The van der Waals surface area contributed by atoms with Crippen molar-refractivity contribution >= 4 is 24.2 Å². The Labute approximate surface area is 125 Å². The number of hydrogen-bond acceptors (Lipinski definition) is 3. The molecular weight excluding hydrogens is 265 g/mol. The third-order valence-electron chi connectivity index (χ3n) is 4.52. The van der Waals surface area contributed by atoms with Crippen molar-refractivity contribution in [3.05, 3.63) is 36.4 Å². The smallest absolute Gasteiger partial charge is 0.399 e. The van der Waals surface area contributed by atoms with Crippen LogP contribution >= 0.6 is 0 Å². The number of amides is 1. The summed E-state index contributed by atoms with van der Waals surface area (Å²) >= 11 is 0. The summed E-state index contributed by atoms with van der Waals surface area (Å²) in [4.78, 5) is 13.5. The van der Waals surface area contributed by atoms with E-state index in [0.29, 0.717) is 6.54 Å². The topological polar surface area (TPSA) is 38.8 Å². The van der Waals surface area contributed by atoms with E-state index in [1.807, 2.05) is 58.0 Å². The van der Waals surface area contributed by atoms with Crippen molar-refractivity contribution < 1.29 is 14.1 Å². The van der Waals surface area contributed by atoms with E-state index in [-0.39, 0.29) is 17.1 Å². The van der Waals surface area contributed by atoms with Gasteiger partial charge in [-0.15, -0.1) is 0 Å². The van der Waals surface area contributed by atoms with Gasteiger partial charge in [-0.3, -0.25) is 4.79 Å². The summed E-state index contributed by atoms with van der Waals surface area (Å²) in [5, 5.41) is 0. The highest BCUT2D eigenvalue weighted by molar-refractivity contribution is 6.62. The lowest BCUT2D eigenvalue weighted by atomic mass is 9.79. The van der Waals surface area contributed by atoms with Crippen molar-refractivity contribution in [1.82, 2.24) is 0 Å². The molecule has 1 aromatic rings. The van der Waals surface area contributed by atoms with Gasteiger partial charge in [0.1, 0.15) is 0 Å². The summed E-state index contributed by atoms with van der Waals surface area (Å²) in [5.41, 5.74) is 1.08. The van der Waals surface area contributed by atoms with Crippen LogP contribution in [0.2, 0.25) is 0 Å². The molecule has 3 rings (SSSR count). The minimum atomic E-state index is -0.402. The van der Waals surface area contributed by atoms with Gasteiger partial charge in [0, 0.05) is 18.3 Å². The molecule has 2 aliphatic rings. The predicted octanol–water partition coefficient (Wildman–Crippen LogP) is 1.89. The molecule has 110 valence electrons. The lowest BCUT2D eigenvalue weighted by Gasteiger charge is -2.32. The van der Waals surface area contributed by atoms with Crippen molar-refractivity contribution in [2.24, 2.45) is 0 Å². The molecule has 21 heavy (non-hydrogen) atoms. The zero-order valence-electron chi connectivity index (χ0n) is 12.9. The minimum absolute atomic E-state index is 0.0149. The molecule has 2 aliphatic heterocycles. The van der Waals surface area contributed by atoms with Gasteiger partial charge in [-0.2, -0.15) is 0 Å². The fourth-order valence-corrected chi connectivity index (χ4v) is 2.49. The zero-order chi connectivity index (χ0) is 15.3. The second-order valence-corrected chi connectivity index (χ2v) is 6.53. The number of carbonyl (C=O) groups excluding carboxylic acids is 1. The van der Waals surface area contributed by atoms with Crippen LogP contribution in [0.3, 0.4) is 0 Å². The summed E-state index contributed by atoms with van der Waals surface area (Å²) in [6.45, 7) is 8.75. The summed E-state index contributed by atoms with van der Waals surface area (Å²) in [5.74, 6) is 0.0149. The van der Waals surface area contributed by atoms with E-state index in [1.165, 1.54) is 0 Å². The minimum Gasteiger partial charge on any atom is -0.399 e. The zero-order valence-corrected chi connectivity index (χ0v) is 12.9. The van der Waals surface area contributed by atoms with Crippen molar-refractivity contribution in [3.63, 3.8) is 0 Å². The Hall–Kier alpha value is -1.59. The van der Waals surface area contributed by atoms with E-state index in [9.17, 15) is 4.79 Å². The van der Waals surface area contributed by atoms with E-state index in [0.717, 1.165) is 11.2 Å². The highest BCUT2D eigenvalue weighted by atomic mass is 16.7. The van der Waals surface area contributed by atoms with E-state index in [1.54, 1.807) is 11.0 Å². The average Bonchev–Trinajstić information content (AvgIpc) is 2.92. The Morgan fingerprint density at radius 1 is 1.14 bits per heavy atom. The first-order valence-electron chi connectivity index (χ1n) is 7.24. The van der Waals surface area contributed by atoms with E-state index in [4.69, 9.17) is 9.31 Å². The van der Waals surface area contributed by atoms with Crippen LogP contribution in [0.1, 0.15) is 27.7 Å². The van der Waals surface area contributed by atoms with Gasteiger partial charge in [0.2, 0.25) is 0 Å². The fourth-order valence-electron chi connectivity index (χ4n) is 2.49. The van der Waals surface area contributed by atoms with Gasteiger partial charge >= 0.3 is 7.12 Å². The van der Waals surface area contributed by atoms with Crippen molar-refractivity contribution in [1.29, 1.82) is 0 Å². The monoisotopic (exact) mass is 285 g/mol. The Morgan fingerprint density at radius 2 is 1.81 bits per heavy atom. The highest BCUT2D eigenvalue weighted by Gasteiger charge is 2.51. The van der Waals surface area contributed by atoms with E-state index >= 15 is 0 Å². The van der Waals surface area contributed by atoms with Crippen molar-refractivity contribution in [2.75, 3.05) is 11.4 Å². The Morgan fingerprint density at radius 3 is 2.38 bits per heavy atom. The van der Waals surface area contributed by atoms with Crippen LogP contribution in [0.4, 0.5) is 5.69 Å². The van der Waals surface area contributed by atoms with Gasteiger partial charge < -0.3 is 14.2 Å². The van der Waals surface area contributed by atoms with Gasteiger partial charge in [-0.1, -0.05) is 18.2 Å². The van der Waals surface area contributed by atoms with Crippen LogP contribution in [0.5, 0.6) is 0 Å². The number of carbonyl (C=O) groups is 1. The number of benzene rings is 1. The molecule has 1 aromatic carbocycles. The third kappa shape index (κ3) is 2.41. The van der Waals surface area contributed by atoms with Gasteiger partial charge in [-0.05, 0) is 45.3 Å². The largest absolute Gasteiger partial charge is 0.494 e. The molecule has 5 heteroatoms. The number of nitrogens with zero attached hydrogens (tertiary/aromatic N) is 1. The maximum absolute atomic E-state index is 11.8. The molecule has 0 unspecified atom stereocenters. The molecule has 2 heterocycles. The molecule has 4 nitrogen and oxygen atoms in total. The standard InChI is InChI=1S/C16H20BNO3/c1-15(2)16(3,4)21-17(20-15)12-7-5-8-13(11-12)18-10-6-9-14(18)19/h5-9,11H,10H2,1-4H3. The van der Waals surface area contributed by atoms with Gasteiger partial charge in [0.15, 0.2) is 0 Å². The molecule has 0 radical (unpaired) electrons. The highest BCUT2D eigenvalue weighted by Crippen LogP contribution is 2.36. The molecule has 1 amide bonds. The molecule has 0 aliphatic carbocycles. The first-order chi connectivity index (χ1) is 9.80. The van der Waals surface area contributed by atoms with Crippen LogP contribution in [0, 0.1) is 0 Å². The van der Waals surface area contributed by atoms with Crippen LogP contribution < -0.4 is 10.4 Å². The maximum Gasteiger partial charge on any atom is 0.494 e. The third-order valence-corrected chi connectivity index (χ3v) is 4.52. The Balaban J connectivity index is 1.86. The van der Waals surface area contributed by atoms with E-state index in [2.05, 4.69) is 0 Å². The molecule has 0 bridgehead atoms. The van der Waals surface area contributed by atoms with Crippen LogP contribution in [0.15, 0.2) is 36.4 Å². The Bertz CT molecular complexity index is 593. The molecule has 0 saturated carbocycles. The predicted molar refractivity (Wildman–Crippen MR) is 83.7 cm³/mol. The van der Waals surface area contributed by atoms with Crippen LogP contribution in [-0.4, -0.2) is 30.8 Å². The summed E-state index contributed by atoms with van der Waals surface area (Å²) in [7, 11) is -0.402. The quantitative estimate of drug-likeness (QED) is 0.779. The SMILES string of the molecule is CC1(C)OB(c2cccc(N3CC=CC3=O)c2)OC1(C)C. The van der Waals surface area contributed by atoms with Crippen molar-refractivity contribution in [2.45, 2.75) is 38.9 Å². The Kier molecular flexibility index (Phi) is 3.22. The lowest BCUT2D eigenvalue weighted by molar-refractivity contribution is -0.113. The van der Waals surface area contributed by atoms with Crippen molar-refractivity contribution in [3.8, 4) is 0 Å². The second-order valence-electron chi connectivity index (χ2n) is 6.53. The second kappa shape index (κ2) is 4.72. The van der Waals surface area contributed by atoms with Crippen LogP contribution in [-0.2, 0) is 14.1 Å². The van der Waals surface area contributed by atoms with Gasteiger partial charge in [0.05, 0.1) is 11.2 Å². The molecule has 0 N–H and O–H groups in total. The molecule has 1 saturated heterocycles. The maximum atomic E-state index is 11.8. The number of rotatable bonds is 2. The van der Waals surface area contributed by atoms with Crippen LogP contribution in [0.25, 0.3) is 0 Å². The molecular formula is C16H20BNO3. The summed E-state index contributed by atoms with van der Waals surface area (Å²) < 4.78 is 12.1. The van der Waals surface area contributed by atoms with Gasteiger partial charge in [0.25, 0.3) is 5.91 Å². The molecule has 0 aromatic heterocycles.